The fourth-order valence-corrected chi connectivity index (χ4v) is 2.01. The van der Waals surface area contributed by atoms with Crippen molar-refractivity contribution in [3.63, 3.8) is 0 Å². The van der Waals surface area contributed by atoms with E-state index in [2.05, 4.69) is 51.2 Å². The molecule has 84 valence electrons. The molecule has 1 aromatic carbocycles. The van der Waals surface area contributed by atoms with E-state index in [-0.39, 0.29) is 5.41 Å². The van der Waals surface area contributed by atoms with E-state index in [1.165, 1.54) is 16.7 Å². The molecule has 0 atom stereocenters. The second-order valence-corrected chi connectivity index (χ2v) is 5.03. The van der Waals surface area contributed by atoms with Crippen LogP contribution in [-0.4, -0.2) is 12.5 Å². The highest BCUT2D eigenvalue weighted by Crippen LogP contribution is 2.26. The molecule has 2 heteroatoms. The fourth-order valence-electron chi connectivity index (χ4n) is 1.92. The van der Waals surface area contributed by atoms with Crippen LogP contribution in [0, 0.1) is 13.8 Å². The summed E-state index contributed by atoms with van der Waals surface area (Å²) >= 11 is 5.65. The van der Waals surface area contributed by atoms with E-state index >= 15 is 0 Å². The van der Waals surface area contributed by atoms with Gasteiger partial charge in [0.05, 0.1) is 6.00 Å². The summed E-state index contributed by atoms with van der Waals surface area (Å²) < 4.78 is 0. The number of aryl methyl sites for hydroxylation is 2. The van der Waals surface area contributed by atoms with E-state index in [9.17, 15) is 0 Å². The molecule has 1 rings (SSSR count). The number of rotatable bonds is 4. The van der Waals surface area contributed by atoms with Crippen molar-refractivity contribution in [1.29, 1.82) is 0 Å². The molecule has 0 aromatic heterocycles. The highest BCUT2D eigenvalue weighted by molar-refractivity contribution is 6.17. The van der Waals surface area contributed by atoms with Crippen LogP contribution < -0.4 is 5.32 Å². The third-order valence-electron chi connectivity index (χ3n) is 2.78. The second-order valence-electron chi connectivity index (χ2n) is 4.76. The van der Waals surface area contributed by atoms with Crippen LogP contribution in [-0.2, 0) is 5.41 Å². The van der Waals surface area contributed by atoms with Gasteiger partial charge in [-0.1, -0.05) is 37.6 Å². The maximum atomic E-state index is 5.65. The molecule has 0 spiro atoms. The minimum Gasteiger partial charge on any atom is -0.303 e. The van der Waals surface area contributed by atoms with E-state index in [0.717, 1.165) is 6.54 Å². The van der Waals surface area contributed by atoms with E-state index in [4.69, 9.17) is 11.6 Å². The van der Waals surface area contributed by atoms with Gasteiger partial charge in [0.15, 0.2) is 0 Å². The lowest BCUT2D eigenvalue weighted by molar-refractivity contribution is 0.486. The molecule has 0 saturated heterocycles. The standard InChI is InChI=1S/C13H20ClN/c1-10-5-6-11(2)12(7-10)13(3,4)8-15-9-14/h5-7,15H,8-9H2,1-4H3. The SMILES string of the molecule is Cc1ccc(C)c(C(C)(C)CNCCl)c1. The van der Waals surface area contributed by atoms with Crippen LogP contribution >= 0.6 is 11.6 Å². The van der Waals surface area contributed by atoms with Gasteiger partial charge in [-0.3, -0.25) is 0 Å². The van der Waals surface area contributed by atoms with Crippen molar-refractivity contribution in [3.8, 4) is 0 Å². The highest BCUT2D eigenvalue weighted by atomic mass is 35.5. The van der Waals surface area contributed by atoms with Gasteiger partial charge in [-0.05, 0) is 25.0 Å². The average Bonchev–Trinajstić information content (AvgIpc) is 2.18. The Morgan fingerprint density at radius 3 is 2.53 bits per heavy atom. The summed E-state index contributed by atoms with van der Waals surface area (Å²) in [7, 11) is 0. The van der Waals surface area contributed by atoms with Gasteiger partial charge in [-0.25, -0.2) is 0 Å². The molecule has 0 aliphatic heterocycles. The van der Waals surface area contributed by atoms with E-state index < -0.39 is 0 Å². The molecule has 0 aliphatic carbocycles. The molecule has 0 amide bonds. The summed E-state index contributed by atoms with van der Waals surface area (Å²) in [6.07, 6.45) is 0. The number of nitrogens with one attached hydrogen (secondary N) is 1. The van der Waals surface area contributed by atoms with Crippen molar-refractivity contribution < 1.29 is 0 Å². The Bertz CT molecular complexity index is 331. The third-order valence-corrected chi connectivity index (χ3v) is 2.97. The first-order chi connectivity index (χ1) is 6.97. The summed E-state index contributed by atoms with van der Waals surface area (Å²) in [5, 5.41) is 3.20. The minimum atomic E-state index is 0.130. The zero-order chi connectivity index (χ0) is 11.5. The molecule has 0 bridgehead atoms. The van der Waals surface area contributed by atoms with Gasteiger partial charge in [0.2, 0.25) is 0 Å². The lowest BCUT2D eigenvalue weighted by atomic mass is 9.81. The van der Waals surface area contributed by atoms with Crippen LogP contribution in [0.3, 0.4) is 0 Å². The number of alkyl halides is 1. The lowest BCUT2D eigenvalue weighted by Gasteiger charge is -2.27. The first kappa shape index (κ1) is 12.5. The smallest absolute Gasteiger partial charge is 0.0713 e. The molecular formula is C13H20ClN. The summed E-state index contributed by atoms with van der Waals surface area (Å²) in [5.41, 5.74) is 4.20. The number of benzene rings is 1. The van der Waals surface area contributed by atoms with Crippen molar-refractivity contribution in [2.24, 2.45) is 0 Å². The predicted molar refractivity (Wildman–Crippen MR) is 67.7 cm³/mol. The Kier molecular flexibility index (Phi) is 4.18. The Hall–Kier alpha value is -0.530. The fraction of sp³-hybridized carbons (Fsp3) is 0.538. The molecule has 0 unspecified atom stereocenters. The van der Waals surface area contributed by atoms with Gasteiger partial charge < -0.3 is 5.32 Å². The monoisotopic (exact) mass is 225 g/mol. The van der Waals surface area contributed by atoms with Crippen LogP contribution in [0.25, 0.3) is 0 Å². The van der Waals surface area contributed by atoms with Crippen molar-refractivity contribution in [3.05, 3.63) is 34.9 Å². The van der Waals surface area contributed by atoms with Gasteiger partial charge in [-0.2, -0.15) is 0 Å². The molecule has 1 aromatic rings. The topological polar surface area (TPSA) is 12.0 Å². The first-order valence-electron chi connectivity index (χ1n) is 5.32. The van der Waals surface area contributed by atoms with Crippen molar-refractivity contribution in [2.45, 2.75) is 33.1 Å². The lowest BCUT2D eigenvalue weighted by Crippen LogP contribution is -2.33. The molecule has 0 fully saturated rings. The average molecular weight is 226 g/mol. The van der Waals surface area contributed by atoms with E-state index in [1.54, 1.807) is 0 Å². The van der Waals surface area contributed by atoms with Crippen molar-refractivity contribution >= 4 is 11.6 Å². The Balaban J connectivity index is 2.97. The van der Waals surface area contributed by atoms with Crippen molar-refractivity contribution in [2.75, 3.05) is 12.5 Å². The van der Waals surface area contributed by atoms with Gasteiger partial charge in [0, 0.05) is 12.0 Å². The van der Waals surface area contributed by atoms with Crippen LogP contribution in [0.4, 0.5) is 0 Å². The Morgan fingerprint density at radius 2 is 1.93 bits per heavy atom. The molecule has 0 radical (unpaired) electrons. The van der Waals surface area contributed by atoms with E-state index in [0.29, 0.717) is 6.00 Å². The predicted octanol–water partition coefficient (Wildman–Crippen LogP) is 3.37. The van der Waals surface area contributed by atoms with Gasteiger partial charge >= 0.3 is 0 Å². The van der Waals surface area contributed by atoms with E-state index in [1.807, 2.05) is 0 Å². The largest absolute Gasteiger partial charge is 0.303 e. The quantitative estimate of drug-likeness (QED) is 0.612. The van der Waals surface area contributed by atoms with Crippen molar-refractivity contribution in [1.82, 2.24) is 5.32 Å². The minimum absolute atomic E-state index is 0.130. The Morgan fingerprint density at radius 1 is 1.27 bits per heavy atom. The molecular weight excluding hydrogens is 206 g/mol. The molecule has 1 N–H and O–H groups in total. The number of hydrogen-bond donors (Lipinski definition) is 1. The maximum absolute atomic E-state index is 5.65. The van der Waals surface area contributed by atoms with Crippen LogP contribution in [0.15, 0.2) is 18.2 Å². The molecule has 0 saturated carbocycles. The molecule has 0 aliphatic rings. The van der Waals surface area contributed by atoms with Gasteiger partial charge in [-0.15, -0.1) is 11.6 Å². The molecule has 15 heavy (non-hydrogen) atoms. The normalized spacial score (nSPS) is 11.8. The Labute approximate surface area is 97.8 Å². The van der Waals surface area contributed by atoms with Crippen LogP contribution in [0.2, 0.25) is 0 Å². The zero-order valence-corrected chi connectivity index (χ0v) is 10.8. The molecule has 1 nitrogen and oxygen atoms in total. The molecule has 0 heterocycles. The summed E-state index contributed by atoms with van der Waals surface area (Å²) in [6, 6.07) is 7.12. The maximum Gasteiger partial charge on any atom is 0.0713 e. The number of halogens is 1. The number of hydrogen-bond acceptors (Lipinski definition) is 1. The first-order valence-corrected chi connectivity index (χ1v) is 5.85. The van der Waals surface area contributed by atoms with Gasteiger partial charge in [0.1, 0.15) is 0 Å². The summed E-state index contributed by atoms with van der Waals surface area (Å²) in [5.74, 6) is 0. The second kappa shape index (κ2) is 5.00. The van der Waals surface area contributed by atoms with Gasteiger partial charge in [0.25, 0.3) is 0 Å². The van der Waals surface area contributed by atoms with Crippen LogP contribution in [0.5, 0.6) is 0 Å². The summed E-state index contributed by atoms with van der Waals surface area (Å²) in [6.45, 7) is 9.69. The third kappa shape index (κ3) is 3.22. The highest BCUT2D eigenvalue weighted by Gasteiger charge is 2.21. The summed E-state index contributed by atoms with van der Waals surface area (Å²) in [4.78, 5) is 0. The van der Waals surface area contributed by atoms with Crippen LogP contribution in [0.1, 0.15) is 30.5 Å². The zero-order valence-electron chi connectivity index (χ0n) is 10.0.